The molecule has 0 amide bonds. The third-order valence-electron chi connectivity index (χ3n) is 2.89. The van der Waals surface area contributed by atoms with E-state index < -0.39 is 0 Å². The fraction of sp³-hybridized carbons (Fsp3) is 0.417. The van der Waals surface area contributed by atoms with Crippen molar-refractivity contribution < 1.29 is 4.39 Å². The topological polar surface area (TPSA) is 27.0 Å². The number of nitriles is 1. The van der Waals surface area contributed by atoms with Crippen LogP contribution in [-0.2, 0) is 0 Å². The summed E-state index contributed by atoms with van der Waals surface area (Å²) in [5, 5.41) is 8.68. The molecule has 0 radical (unpaired) electrons. The van der Waals surface area contributed by atoms with Crippen molar-refractivity contribution >= 4 is 0 Å². The highest BCUT2D eigenvalue weighted by molar-refractivity contribution is 5.21. The normalized spacial score (nSPS) is 21.5. The quantitative estimate of drug-likeness (QED) is 0.692. The second-order valence-corrected chi connectivity index (χ2v) is 3.84. The van der Waals surface area contributed by atoms with Gasteiger partial charge in [0.15, 0.2) is 0 Å². The fourth-order valence-electron chi connectivity index (χ4n) is 2.17. The van der Waals surface area contributed by atoms with Crippen LogP contribution in [-0.4, -0.2) is 18.0 Å². The first-order valence-corrected chi connectivity index (χ1v) is 5.18. The van der Waals surface area contributed by atoms with E-state index in [2.05, 4.69) is 11.0 Å². The number of benzene rings is 1. The summed E-state index contributed by atoms with van der Waals surface area (Å²) in [5.74, 6) is -0.205. The number of rotatable bonds is 2. The average Bonchev–Trinajstić information content (AvgIpc) is 2.68. The van der Waals surface area contributed by atoms with Crippen LogP contribution in [0.15, 0.2) is 24.3 Å². The lowest BCUT2D eigenvalue weighted by molar-refractivity contribution is 0.289. The molecule has 1 atom stereocenters. The Bertz CT molecular complexity index is 366. The molecule has 1 saturated heterocycles. The van der Waals surface area contributed by atoms with Gasteiger partial charge in [-0.2, -0.15) is 5.26 Å². The molecule has 0 aliphatic carbocycles. The number of nitrogens with zero attached hydrogens (tertiary/aromatic N) is 2. The molecule has 0 aromatic heterocycles. The van der Waals surface area contributed by atoms with Gasteiger partial charge in [0.25, 0.3) is 0 Å². The predicted octanol–water partition coefficient (Wildman–Crippen LogP) is 2.49. The molecule has 0 spiro atoms. The average molecular weight is 204 g/mol. The van der Waals surface area contributed by atoms with Crippen LogP contribution in [0.4, 0.5) is 4.39 Å². The van der Waals surface area contributed by atoms with Gasteiger partial charge in [-0.25, -0.2) is 4.39 Å². The molecule has 2 nitrogen and oxygen atoms in total. The molecule has 1 aromatic carbocycles. The van der Waals surface area contributed by atoms with E-state index >= 15 is 0 Å². The maximum absolute atomic E-state index is 12.8. The zero-order valence-corrected chi connectivity index (χ0v) is 8.49. The van der Waals surface area contributed by atoms with Crippen LogP contribution in [0, 0.1) is 17.1 Å². The van der Waals surface area contributed by atoms with Gasteiger partial charge in [0.05, 0.1) is 12.6 Å². The van der Waals surface area contributed by atoms with Crippen LogP contribution in [0.2, 0.25) is 0 Å². The van der Waals surface area contributed by atoms with E-state index in [-0.39, 0.29) is 5.82 Å². The Morgan fingerprint density at radius 3 is 2.80 bits per heavy atom. The Morgan fingerprint density at radius 1 is 1.40 bits per heavy atom. The molecule has 78 valence electrons. The highest BCUT2D eigenvalue weighted by atomic mass is 19.1. The van der Waals surface area contributed by atoms with Crippen molar-refractivity contribution in [1.82, 2.24) is 4.90 Å². The van der Waals surface area contributed by atoms with Gasteiger partial charge in [0, 0.05) is 6.04 Å². The van der Waals surface area contributed by atoms with Crippen molar-refractivity contribution in [3.05, 3.63) is 35.6 Å². The summed E-state index contributed by atoms with van der Waals surface area (Å²) in [6, 6.07) is 9.07. The summed E-state index contributed by atoms with van der Waals surface area (Å²) in [7, 11) is 0. The minimum atomic E-state index is -0.205. The van der Waals surface area contributed by atoms with Crippen LogP contribution in [0.1, 0.15) is 24.4 Å². The van der Waals surface area contributed by atoms with Crippen LogP contribution >= 0.6 is 0 Å². The highest BCUT2D eigenvalue weighted by Crippen LogP contribution is 2.31. The van der Waals surface area contributed by atoms with Gasteiger partial charge in [-0.3, -0.25) is 4.90 Å². The standard InChI is InChI=1S/C12H13FN2/c13-11-5-3-10(4-6-11)12-2-1-8-15(12)9-7-14/h3-6,12H,1-2,8-9H2. The molecule has 15 heavy (non-hydrogen) atoms. The zero-order chi connectivity index (χ0) is 10.7. The Kier molecular flexibility index (Phi) is 2.98. The van der Waals surface area contributed by atoms with Gasteiger partial charge in [0.1, 0.15) is 5.82 Å². The molecule has 1 heterocycles. The van der Waals surface area contributed by atoms with Gasteiger partial charge < -0.3 is 0 Å². The van der Waals surface area contributed by atoms with E-state index in [0.29, 0.717) is 12.6 Å². The third kappa shape index (κ3) is 2.16. The van der Waals surface area contributed by atoms with E-state index in [0.717, 1.165) is 24.9 Å². The number of likely N-dealkylation sites (tertiary alicyclic amines) is 1. The SMILES string of the molecule is N#CCN1CCCC1c1ccc(F)cc1. The zero-order valence-electron chi connectivity index (χ0n) is 8.49. The summed E-state index contributed by atoms with van der Waals surface area (Å²) in [4.78, 5) is 2.15. The molecule has 3 heteroatoms. The first kappa shape index (κ1) is 10.1. The Morgan fingerprint density at radius 2 is 2.13 bits per heavy atom. The lowest BCUT2D eigenvalue weighted by Crippen LogP contribution is -2.23. The summed E-state index contributed by atoms with van der Waals surface area (Å²) in [6.45, 7) is 1.43. The second-order valence-electron chi connectivity index (χ2n) is 3.84. The van der Waals surface area contributed by atoms with Crippen LogP contribution in [0.25, 0.3) is 0 Å². The minimum absolute atomic E-state index is 0.205. The highest BCUT2D eigenvalue weighted by Gasteiger charge is 2.25. The molecule has 1 aromatic rings. The summed E-state index contributed by atoms with van der Waals surface area (Å²) in [6.07, 6.45) is 2.18. The fourth-order valence-corrected chi connectivity index (χ4v) is 2.17. The van der Waals surface area contributed by atoms with Crippen molar-refractivity contribution in [2.24, 2.45) is 0 Å². The van der Waals surface area contributed by atoms with Crippen LogP contribution in [0.5, 0.6) is 0 Å². The first-order chi connectivity index (χ1) is 7.31. The largest absolute Gasteiger partial charge is 0.283 e. The van der Waals surface area contributed by atoms with E-state index in [1.54, 1.807) is 0 Å². The lowest BCUT2D eigenvalue weighted by atomic mass is 10.0. The molecule has 2 rings (SSSR count). The van der Waals surface area contributed by atoms with Gasteiger partial charge in [-0.05, 0) is 37.1 Å². The minimum Gasteiger partial charge on any atom is -0.283 e. The van der Waals surface area contributed by atoms with Gasteiger partial charge >= 0.3 is 0 Å². The molecule has 1 aliphatic heterocycles. The smallest absolute Gasteiger partial charge is 0.123 e. The second kappa shape index (κ2) is 4.41. The maximum atomic E-state index is 12.8. The predicted molar refractivity (Wildman–Crippen MR) is 55.6 cm³/mol. The number of hydrogen-bond donors (Lipinski definition) is 0. The van der Waals surface area contributed by atoms with E-state index in [1.165, 1.54) is 12.1 Å². The van der Waals surface area contributed by atoms with Gasteiger partial charge in [0.2, 0.25) is 0 Å². The van der Waals surface area contributed by atoms with Gasteiger partial charge in [-0.1, -0.05) is 12.1 Å². The Balaban J connectivity index is 2.16. The van der Waals surface area contributed by atoms with Crippen molar-refractivity contribution in [1.29, 1.82) is 5.26 Å². The van der Waals surface area contributed by atoms with Crippen molar-refractivity contribution in [3.63, 3.8) is 0 Å². The molecule has 1 fully saturated rings. The molecule has 0 bridgehead atoms. The molecular formula is C12H13FN2. The summed E-state index contributed by atoms with van der Waals surface area (Å²) >= 11 is 0. The Hall–Kier alpha value is -1.40. The molecule has 0 N–H and O–H groups in total. The number of hydrogen-bond acceptors (Lipinski definition) is 2. The maximum Gasteiger partial charge on any atom is 0.123 e. The molecule has 1 aliphatic rings. The third-order valence-corrected chi connectivity index (χ3v) is 2.89. The first-order valence-electron chi connectivity index (χ1n) is 5.18. The van der Waals surface area contributed by atoms with Gasteiger partial charge in [-0.15, -0.1) is 0 Å². The Labute approximate surface area is 88.9 Å². The van der Waals surface area contributed by atoms with Crippen LogP contribution in [0.3, 0.4) is 0 Å². The van der Waals surface area contributed by atoms with Crippen LogP contribution < -0.4 is 0 Å². The van der Waals surface area contributed by atoms with Crippen molar-refractivity contribution in [2.45, 2.75) is 18.9 Å². The van der Waals surface area contributed by atoms with Crippen molar-refractivity contribution in [3.8, 4) is 6.07 Å². The number of halogens is 1. The van der Waals surface area contributed by atoms with Crippen molar-refractivity contribution in [2.75, 3.05) is 13.1 Å². The lowest BCUT2D eigenvalue weighted by Gasteiger charge is -2.21. The molecular weight excluding hydrogens is 191 g/mol. The summed E-state index contributed by atoms with van der Waals surface area (Å²) < 4.78 is 12.8. The summed E-state index contributed by atoms with van der Waals surface area (Å²) in [5.41, 5.74) is 1.11. The molecule has 0 saturated carbocycles. The van der Waals surface area contributed by atoms with E-state index in [1.807, 2.05) is 12.1 Å². The van der Waals surface area contributed by atoms with E-state index in [4.69, 9.17) is 5.26 Å². The van der Waals surface area contributed by atoms with E-state index in [9.17, 15) is 4.39 Å². The monoisotopic (exact) mass is 204 g/mol. The molecule has 1 unspecified atom stereocenters.